The Hall–Kier alpha value is -1.28. The lowest BCUT2D eigenvalue weighted by atomic mass is 10.1. The van der Waals surface area contributed by atoms with Gasteiger partial charge in [0.25, 0.3) is 0 Å². The van der Waals surface area contributed by atoms with Gasteiger partial charge in [-0.25, -0.2) is 0 Å². The van der Waals surface area contributed by atoms with E-state index >= 15 is 0 Å². The molecule has 3 heteroatoms. The van der Waals surface area contributed by atoms with Gasteiger partial charge in [-0.15, -0.1) is 11.6 Å². The number of halogens is 1. The third-order valence-electron chi connectivity index (χ3n) is 1.81. The van der Waals surface area contributed by atoms with Crippen LogP contribution in [0, 0.1) is 0 Å². The minimum Gasteiger partial charge on any atom is -0.356 e. The first kappa shape index (κ1) is 10.8. The van der Waals surface area contributed by atoms with Gasteiger partial charge in [-0.2, -0.15) is 0 Å². The number of likely N-dealkylation sites (N-methyl/N-ethyl adjacent to an activating group) is 1. The summed E-state index contributed by atoms with van der Waals surface area (Å²) in [6.07, 6.45) is 3.26. The minimum atomic E-state index is -0.105. The third kappa shape index (κ3) is 3.23. The molecule has 0 saturated heterocycles. The fraction of sp³-hybridized carbons (Fsp3) is 0.182. The number of carbonyl (C=O) groups is 1. The Morgan fingerprint density at radius 3 is 2.57 bits per heavy atom. The van der Waals surface area contributed by atoms with Crippen LogP contribution in [0.1, 0.15) is 11.1 Å². The van der Waals surface area contributed by atoms with E-state index in [1.54, 1.807) is 13.1 Å². The summed E-state index contributed by atoms with van der Waals surface area (Å²) < 4.78 is 0. The molecule has 0 bridgehead atoms. The van der Waals surface area contributed by atoms with Crippen molar-refractivity contribution >= 4 is 23.6 Å². The first-order valence-electron chi connectivity index (χ1n) is 4.31. The topological polar surface area (TPSA) is 29.1 Å². The van der Waals surface area contributed by atoms with Crippen LogP contribution in [-0.2, 0) is 10.7 Å². The summed E-state index contributed by atoms with van der Waals surface area (Å²) in [4.78, 5) is 10.9. The lowest BCUT2D eigenvalue weighted by Crippen LogP contribution is -2.13. The molecule has 0 aliphatic carbocycles. The molecule has 0 spiro atoms. The van der Waals surface area contributed by atoms with Crippen molar-refractivity contribution in [3.8, 4) is 0 Å². The predicted molar refractivity (Wildman–Crippen MR) is 59.1 cm³/mol. The van der Waals surface area contributed by atoms with Crippen LogP contribution < -0.4 is 5.32 Å². The number of nitrogens with one attached hydrogen (secondary N) is 1. The molecular weight excluding hydrogens is 198 g/mol. The van der Waals surface area contributed by atoms with E-state index in [-0.39, 0.29) is 5.91 Å². The molecule has 1 amide bonds. The number of amides is 1. The summed E-state index contributed by atoms with van der Waals surface area (Å²) in [6.45, 7) is 0. The van der Waals surface area contributed by atoms with E-state index in [2.05, 4.69) is 5.32 Å². The maximum atomic E-state index is 10.9. The second kappa shape index (κ2) is 5.45. The molecule has 0 aromatic heterocycles. The third-order valence-corrected chi connectivity index (χ3v) is 2.12. The van der Waals surface area contributed by atoms with Gasteiger partial charge < -0.3 is 5.32 Å². The van der Waals surface area contributed by atoms with E-state index in [9.17, 15) is 4.79 Å². The Balaban J connectivity index is 2.68. The molecule has 1 N–H and O–H groups in total. The molecule has 0 radical (unpaired) electrons. The zero-order chi connectivity index (χ0) is 10.4. The Labute approximate surface area is 88.6 Å². The molecule has 0 fully saturated rings. The Morgan fingerprint density at radius 1 is 1.43 bits per heavy atom. The van der Waals surface area contributed by atoms with Crippen molar-refractivity contribution in [3.05, 3.63) is 41.5 Å². The fourth-order valence-corrected chi connectivity index (χ4v) is 1.15. The van der Waals surface area contributed by atoms with Gasteiger partial charge in [0.1, 0.15) is 0 Å². The second-order valence-electron chi connectivity index (χ2n) is 2.82. The largest absolute Gasteiger partial charge is 0.356 e. The second-order valence-corrected chi connectivity index (χ2v) is 3.09. The van der Waals surface area contributed by atoms with Gasteiger partial charge in [0.05, 0.1) is 0 Å². The average Bonchev–Trinajstić information content (AvgIpc) is 2.26. The van der Waals surface area contributed by atoms with Gasteiger partial charge >= 0.3 is 0 Å². The molecule has 0 aliphatic rings. The normalized spacial score (nSPS) is 10.4. The van der Waals surface area contributed by atoms with Crippen molar-refractivity contribution in [1.82, 2.24) is 5.32 Å². The maximum absolute atomic E-state index is 10.9. The molecule has 0 saturated carbocycles. The Morgan fingerprint density at radius 2 is 2.07 bits per heavy atom. The van der Waals surface area contributed by atoms with E-state index in [0.29, 0.717) is 5.88 Å². The number of hydrogen-bond acceptors (Lipinski definition) is 1. The van der Waals surface area contributed by atoms with Crippen molar-refractivity contribution < 1.29 is 4.79 Å². The smallest absolute Gasteiger partial charge is 0.243 e. The maximum Gasteiger partial charge on any atom is 0.243 e. The van der Waals surface area contributed by atoms with Gasteiger partial charge in [0.15, 0.2) is 0 Å². The van der Waals surface area contributed by atoms with Crippen LogP contribution in [0.5, 0.6) is 0 Å². The highest BCUT2D eigenvalue weighted by molar-refractivity contribution is 6.17. The Bertz CT molecular complexity index is 330. The number of rotatable bonds is 3. The molecule has 74 valence electrons. The van der Waals surface area contributed by atoms with E-state index in [0.717, 1.165) is 11.1 Å². The molecule has 0 aliphatic heterocycles. The van der Waals surface area contributed by atoms with Gasteiger partial charge in [-0.3, -0.25) is 4.79 Å². The van der Waals surface area contributed by atoms with Crippen molar-refractivity contribution in [2.24, 2.45) is 0 Å². The van der Waals surface area contributed by atoms with Crippen LogP contribution in [0.2, 0.25) is 0 Å². The molecule has 0 unspecified atom stereocenters. The molecule has 14 heavy (non-hydrogen) atoms. The zero-order valence-corrected chi connectivity index (χ0v) is 8.71. The Kier molecular flexibility index (Phi) is 4.20. The van der Waals surface area contributed by atoms with Crippen molar-refractivity contribution in [2.45, 2.75) is 5.88 Å². The quantitative estimate of drug-likeness (QED) is 0.600. The average molecular weight is 210 g/mol. The number of hydrogen-bond donors (Lipinski definition) is 1. The molecule has 1 aromatic rings. The van der Waals surface area contributed by atoms with Crippen LogP contribution in [0.4, 0.5) is 0 Å². The molecule has 2 nitrogen and oxygen atoms in total. The first-order valence-corrected chi connectivity index (χ1v) is 4.84. The van der Waals surface area contributed by atoms with Gasteiger partial charge in [0, 0.05) is 19.0 Å². The summed E-state index contributed by atoms with van der Waals surface area (Å²) in [5.41, 5.74) is 2.06. The predicted octanol–water partition coefficient (Wildman–Crippen LogP) is 2.18. The number of carbonyl (C=O) groups excluding carboxylic acids is 1. The monoisotopic (exact) mass is 209 g/mol. The first-order chi connectivity index (χ1) is 6.76. The molecule has 0 atom stereocenters. The van der Waals surface area contributed by atoms with Crippen LogP contribution in [0.3, 0.4) is 0 Å². The summed E-state index contributed by atoms with van der Waals surface area (Å²) in [6, 6.07) is 7.74. The standard InChI is InChI=1S/C11H12ClNO/c1-13-11(14)7-6-9-2-4-10(8-12)5-3-9/h2-7H,8H2,1H3,(H,13,14)/b7-6+. The number of benzene rings is 1. The van der Waals surface area contributed by atoms with Crippen LogP contribution >= 0.6 is 11.6 Å². The van der Waals surface area contributed by atoms with Gasteiger partial charge in [-0.1, -0.05) is 24.3 Å². The van der Waals surface area contributed by atoms with E-state index in [1.165, 1.54) is 6.08 Å². The highest BCUT2D eigenvalue weighted by atomic mass is 35.5. The SMILES string of the molecule is CNC(=O)/C=C/c1ccc(CCl)cc1. The summed E-state index contributed by atoms with van der Waals surface area (Å²) >= 11 is 5.65. The van der Waals surface area contributed by atoms with E-state index in [1.807, 2.05) is 24.3 Å². The highest BCUT2D eigenvalue weighted by Gasteiger charge is 1.91. The van der Waals surface area contributed by atoms with Crippen molar-refractivity contribution in [1.29, 1.82) is 0 Å². The summed E-state index contributed by atoms with van der Waals surface area (Å²) in [5.74, 6) is 0.408. The lowest BCUT2D eigenvalue weighted by molar-refractivity contribution is -0.115. The highest BCUT2D eigenvalue weighted by Crippen LogP contribution is 2.07. The van der Waals surface area contributed by atoms with Crippen LogP contribution in [0.15, 0.2) is 30.3 Å². The fourth-order valence-electron chi connectivity index (χ4n) is 0.973. The summed E-state index contributed by atoms with van der Waals surface area (Å²) in [5, 5.41) is 2.51. The van der Waals surface area contributed by atoms with Crippen molar-refractivity contribution in [3.63, 3.8) is 0 Å². The van der Waals surface area contributed by atoms with Crippen LogP contribution in [0.25, 0.3) is 6.08 Å². The van der Waals surface area contributed by atoms with E-state index in [4.69, 9.17) is 11.6 Å². The van der Waals surface area contributed by atoms with Gasteiger partial charge in [-0.05, 0) is 17.2 Å². The van der Waals surface area contributed by atoms with Crippen LogP contribution in [-0.4, -0.2) is 13.0 Å². The molecule has 1 aromatic carbocycles. The van der Waals surface area contributed by atoms with E-state index < -0.39 is 0 Å². The molecular formula is C11H12ClNO. The molecule has 0 heterocycles. The number of alkyl halides is 1. The minimum absolute atomic E-state index is 0.105. The summed E-state index contributed by atoms with van der Waals surface area (Å²) in [7, 11) is 1.60. The van der Waals surface area contributed by atoms with Gasteiger partial charge in [0.2, 0.25) is 5.91 Å². The van der Waals surface area contributed by atoms with Crippen molar-refractivity contribution in [2.75, 3.05) is 7.05 Å². The lowest BCUT2D eigenvalue weighted by Gasteiger charge is -1.96. The zero-order valence-electron chi connectivity index (χ0n) is 7.96. The molecule has 1 rings (SSSR count).